The van der Waals surface area contributed by atoms with Crippen LogP contribution in [0, 0.1) is 16.7 Å². The minimum Gasteiger partial charge on any atom is -0.0596 e. The molecule has 3 aliphatic rings. The van der Waals surface area contributed by atoms with Crippen LogP contribution in [0.5, 0.6) is 0 Å². The molecule has 0 N–H and O–H groups in total. The van der Waals surface area contributed by atoms with E-state index in [4.69, 9.17) is 0 Å². The molecule has 0 spiro atoms. The topological polar surface area (TPSA) is 0 Å². The summed E-state index contributed by atoms with van der Waals surface area (Å²) in [5, 5.41) is 0. The highest BCUT2D eigenvalue weighted by Gasteiger charge is 2.42. The fraction of sp³-hybridized carbons (Fsp3) is 1.00. The van der Waals surface area contributed by atoms with E-state index < -0.39 is 0 Å². The van der Waals surface area contributed by atoms with Crippen molar-refractivity contribution in [3.63, 3.8) is 0 Å². The molecular formula is C12H22. The van der Waals surface area contributed by atoms with Gasteiger partial charge in [0.05, 0.1) is 0 Å². The molecule has 0 radical (unpaired) electrons. The van der Waals surface area contributed by atoms with Crippen molar-refractivity contribution < 1.29 is 0 Å². The largest absolute Gasteiger partial charge is 0.0596 e. The van der Waals surface area contributed by atoms with Gasteiger partial charge in [-0.2, -0.15) is 0 Å². The van der Waals surface area contributed by atoms with E-state index in [1.165, 1.54) is 38.5 Å². The average Bonchev–Trinajstić information content (AvgIpc) is 2.18. The number of hydrogen-bond donors (Lipinski definition) is 0. The maximum atomic E-state index is 2.50. The molecule has 0 atom stereocenters. The highest BCUT2D eigenvalue weighted by molar-refractivity contribution is 4.93. The van der Waals surface area contributed by atoms with Crippen molar-refractivity contribution in [3.05, 3.63) is 0 Å². The summed E-state index contributed by atoms with van der Waals surface area (Å²) >= 11 is 0. The first-order chi connectivity index (χ1) is 5.52. The Morgan fingerprint density at radius 1 is 0.833 bits per heavy atom. The molecule has 0 nitrogen and oxygen atoms in total. The molecule has 70 valence electrons. The van der Waals surface area contributed by atoms with Crippen LogP contribution in [0.25, 0.3) is 0 Å². The molecule has 0 aliphatic heterocycles. The van der Waals surface area contributed by atoms with Crippen LogP contribution in [-0.4, -0.2) is 0 Å². The van der Waals surface area contributed by atoms with Crippen molar-refractivity contribution in [2.24, 2.45) is 16.7 Å². The monoisotopic (exact) mass is 166 g/mol. The standard InChI is InChI=1S/C12H22/c1-11(2)8-9-12(3)6-4-10(11)5-7-12/h10H,4-9H2,1-3H3. The zero-order valence-corrected chi connectivity index (χ0v) is 8.82. The van der Waals surface area contributed by atoms with E-state index in [0.717, 1.165) is 11.3 Å². The highest BCUT2D eigenvalue weighted by Crippen LogP contribution is 2.54. The second-order valence-electron chi connectivity index (χ2n) is 6.07. The molecule has 0 heteroatoms. The van der Waals surface area contributed by atoms with Gasteiger partial charge in [-0.1, -0.05) is 20.8 Å². The van der Waals surface area contributed by atoms with Crippen molar-refractivity contribution in [3.8, 4) is 0 Å². The predicted octanol–water partition coefficient (Wildman–Crippen LogP) is 4.00. The van der Waals surface area contributed by atoms with Gasteiger partial charge in [0.25, 0.3) is 0 Å². The van der Waals surface area contributed by atoms with Crippen molar-refractivity contribution >= 4 is 0 Å². The van der Waals surface area contributed by atoms with Gasteiger partial charge in [0.1, 0.15) is 0 Å². The van der Waals surface area contributed by atoms with Crippen LogP contribution in [0.3, 0.4) is 0 Å². The lowest BCUT2D eigenvalue weighted by molar-refractivity contribution is 0.150. The van der Waals surface area contributed by atoms with Crippen LogP contribution in [0.4, 0.5) is 0 Å². The summed E-state index contributed by atoms with van der Waals surface area (Å²) in [6.07, 6.45) is 8.96. The molecule has 3 rings (SSSR count). The van der Waals surface area contributed by atoms with Crippen molar-refractivity contribution in [1.29, 1.82) is 0 Å². The van der Waals surface area contributed by atoms with Crippen LogP contribution < -0.4 is 0 Å². The lowest BCUT2D eigenvalue weighted by Crippen LogP contribution is -2.25. The smallest absolute Gasteiger partial charge is 0.0325 e. The molecular weight excluding hydrogens is 144 g/mol. The third kappa shape index (κ3) is 1.30. The Hall–Kier alpha value is 0. The average molecular weight is 166 g/mol. The summed E-state index contributed by atoms with van der Waals surface area (Å²) in [6.45, 7) is 7.47. The van der Waals surface area contributed by atoms with Gasteiger partial charge in [0, 0.05) is 0 Å². The van der Waals surface area contributed by atoms with Gasteiger partial charge in [-0.25, -0.2) is 0 Å². The Labute approximate surface area is 76.7 Å². The fourth-order valence-electron chi connectivity index (χ4n) is 3.17. The zero-order chi connectivity index (χ0) is 8.82. The molecule has 3 fully saturated rings. The molecule has 0 saturated heterocycles. The van der Waals surface area contributed by atoms with Gasteiger partial charge in [-0.05, 0) is 55.3 Å². The van der Waals surface area contributed by atoms with Crippen LogP contribution in [0.1, 0.15) is 59.3 Å². The Bertz CT molecular complexity index is 170. The lowest BCUT2D eigenvalue weighted by Gasteiger charge is -2.36. The molecule has 12 heavy (non-hydrogen) atoms. The van der Waals surface area contributed by atoms with E-state index >= 15 is 0 Å². The van der Waals surface area contributed by atoms with E-state index in [1.54, 1.807) is 0 Å². The first kappa shape index (κ1) is 8.59. The van der Waals surface area contributed by atoms with E-state index in [-0.39, 0.29) is 0 Å². The van der Waals surface area contributed by atoms with Crippen LogP contribution in [0.15, 0.2) is 0 Å². The summed E-state index contributed by atoms with van der Waals surface area (Å²) in [6, 6.07) is 0. The predicted molar refractivity (Wildman–Crippen MR) is 53.1 cm³/mol. The lowest BCUT2D eigenvalue weighted by atomic mass is 9.69. The number of fused-ring (bicyclic) bond motifs is 4. The molecule has 3 aliphatic carbocycles. The number of hydrogen-bond acceptors (Lipinski definition) is 0. The molecule has 2 bridgehead atoms. The van der Waals surface area contributed by atoms with E-state index in [9.17, 15) is 0 Å². The van der Waals surface area contributed by atoms with Crippen molar-refractivity contribution in [2.45, 2.75) is 59.3 Å². The molecule has 0 amide bonds. The van der Waals surface area contributed by atoms with E-state index in [0.29, 0.717) is 5.41 Å². The van der Waals surface area contributed by atoms with Crippen LogP contribution in [0.2, 0.25) is 0 Å². The van der Waals surface area contributed by atoms with E-state index in [2.05, 4.69) is 20.8 Å². The van der Waals surface area contributed by atoms with Gasteiger partial charge in [-0.3, -0.25) is 0 Å². The van der Waals surface area contributed by atoms with E-state index in [1.807, 2.05) is 0 Å². The summed E-state index contributed by atoms with van der Waals surface area (Å²) in [7, 11) is 0. The first-order valence-electron chi connectivity index (χ1n) is 5.52. The second-order valence-corrected chi connectivity index (χ2v) is 6.07. The quantitative estimate of drug-likeness (QED) is 0.510. The van der Waals surface area contributed by atoms with Gasteiger partial charge in [0.15, 0.2) is 0 Å². The highest BCUT2D eigenvalue weighted by atomic mass is 14.5. The van der Waals surface area contributed by atoms with Crippen molar-refractivity contribution in [2.75, 3.05) is 0 Å². The zero-order valence-electron chi connectivity index (χ0n) is 8.82. The SMILES string of the molecule is CC12CCC(CC1)C(C)(C)CC2. The van der Waals surface area contributed by atoms with Gasteiger partial charge < -0.3 is 0 Å². The Morgan fingerprint density at radius 3 is 2.00 bits per heavy atom. The summed E-state index contributed by atoms with van der Waals surface area (Å²) in [5.41, 5.74) is 1.37. The van der Waals surface area contributed by atoms with Gasteiger partial charge >= 0.3 is 0 Å². The maximum Gasteiger partial charge on any atom is -0.0325 e. The number of rotatable bonds is 0. The van der Waals surface area contributed by atoms with Crippen LogP contribution >= 0.6 is 0 Å². The fourth-order valence-corrected chi connectivity index (χ4v) is 3.17. The van der Waals surface area contributed by atoms with Gasteiger partial charge in [-0.15, -0.1) is 0 Å². The third-order valence-electron chi connectivity index (χ3n) is 4.67. The molecule has 0 aromatic carbocycles. The Balaban J connectivity index is 2.21. The molecule has 0 unspecified atom stereocenters. The molecule has 0 aromatic heterocycles. The molecule has 0 aromatic rings. The van der Waals surface area contributed by atoms with Gasteiger partial charge in [0.2, 0.25) is 0 Å². The molecule has 0 heterocycles. The Kier molecular flexibility index (Phi) is 1.79. The minimum absolute atomic E-state index is 0.647. The van der Waals surface area contributed by atoms with Crippen LogP contribution in [-0.2, 0) is 0 Å². The normalized spacial score (nSPS) is 45.8. The second kappa shape index (κ2) is 2.49. The first-order valence-corrected chi connectivity index (χ1v) is 5.52. The minimum atomic E-state index is 0.647. The maximum absolute atomic E-state index is 2.50. The third-order valence-corrected chi connectivity index (χ3v) is 4.67. The summed E-state index contributed by atoms with van der Waals surface area (Å²) in [4.78, 5) is 0. The Morgan fingerprint density at radius 2 is 1.42 bits per heavy atom. The summed E-state index contributed by atoms with van der Waals surface area (Å²) < 4.78 is 0. The van der Waals surface area contributed by atoms with Crippen molar-refractivity contribution in [1.82, 2.24) is 0 Å². The molecule has 3 saturated carbocycles. The summed E-state index contributed by atoms with van der Waals surface area (Å²) in [5.74, 6) is 1.04.